The highest BCUT2D eigenvalue weighted by Gasteiger charge is 2.08. The summed E-state index contributed by atoms with van der Waals surface area (Å²) >= 11 is 0. The standard InChI is InChI=1S/C20H23FO2.2C4H8/c1-14(2)13-23-19-11-16(10-18(12-19)15(3)22)8-9-17-6-4-5-7-20(17)21;1-4(2)3;1-3-4-2/h4-7,10-12,14H,8-9,13H2,1-3H3;1H2,2-3H3;3-4H,1-2H3/b;;4-3-. The SMILES string of the molecule is C/C=C\C.C=C(C)C.CC(=O)c1cc(CCc2ccccc2F)cc(OCC(C)C)c1. The lowest BCUT2D eigenvalue weighted by atomic mass is 10.0. The molecule has 31 heavy (non-hydrogen) atoms. The van der Waals surface area contributed by atoms with Crippen molar-refractivity contribution in [3.05, 3.63) is 89.3 Å². The smallest absolute Gasteiger partial charge is 0.159 e. The molecule has 2 aromatic carbocycles. The molecule has 0 saturated carbocycles. The van der Waals surface area contributed by atoms with E-state index >= 15 is 0 Å². The van der Waals surface area contributed by atoms with E-state index in [2.05, 4.69) is 20.4 Å². The fourth-order valence-electron chi connectivity index (χ4n) is 2.33. The van der Waals surface area contributed by atoms with Crippen LogP contribution >= 0.6 is 0 Å². The topological polar surface area (TPSA) is 26.3 Å². The average molecular weight is 427 g/mol. The van der Waals surface area contributed by atoms with Gasteiger partial charge in [0.1, 0.15) is 11.6 Å². The lowest BCUT2D eigenvalue weighted by Gasteiger charge is -2.12. The first kappa shape index (κ1) is 28.3. The van der Waals surface area contributed by atoms with E-state index in [1.807, 2.05) is 58.0 Å². The predicted molar refractivity (Wildman–Crippen MR) is 132 cm³/mol. The van der Waals surface area contributed by atoms with Crippen molar-refractivity contribution in [2.24, 2.45) is 5.92 Å². The number of rotatable bonds is 7. The Labute approximate surface area is 188 Å². The fourth-order valence-corrected chi connectivity index (χ4v) is 2.33. The van der Waals surface area contributed by atoms with Crippen molar-refractivity contribution in [1.29, 1.82) is 0 Å². The van der Waals surface area contributed by atoms with Gasteiger partial charge in [0.15, 0.2) is 5.78 Å². The fraction of sp³-hybridized carbons (Fsp3) is 0.393. The number of ether oxygens (including phenoxy) is 1. The van der Waals surface area contributed by atoms with E-state index in [1.165, 1.54) is 11.6 Å². The minimum absolute atomic E-state index is 0.00661. The Morgan fingerprint density at radius 2 is 1.61 bits per heavy atom. The van der Waals surface area contributed by atoms with Gasteiger partial charge in [0.25, 0.3) is 0 Å². The highest BCUT2D eigenvalue weighted by molar-refractivity contribution is 5.94. The lowest BCUT2D eigenvalue weighted by molar-refractivity contribution is 0.101. The molecule has 0 spiro atoms. The number of Topliss-reactive ketones (excluding diaryl/α,β-unsaturated/α-hetero) is 1. The van der Waals surface area contributed by atoms with Gasteiger partial charge in [-0.2, -0.15) is 0 Å². The van der Waals surface area contributed by atoms with Crippen LogP contribution in [0.5, 0.6) is 5.75 Å². The molecule has 0 bridgehead atoms. The van der Waals surface area contributed by atoms with Crippen molar-refractivity contribution in [3.63, 3.8) is 0 Å². The second-order valence-electron chi connectivity index (χ2n) is 8.09. The van der Waals surface area contributed by atoms with Gasteiger partial charge in [0, 0.05) is 5.56 Å². The number of allylic oxidation sites excluding steroid dienone is 3. The molecule has 0 atom stereocenters. The van der Waals surface area contributed by atoms with Crippen molar-refractivity contribution in [2.45, 2.75) is 61.3 Å². The summed E-state index contributed by atoms with van der Waals surface area (Å²) in [5.41, 5.74) is 3.47. The number of carbonyl (C=O) groups excluding carboxylic acids is 1. The van der Waals surface area contributed by atoms with Crippen molar-refractivity contribution in [2.75, 3.05) is 6.61 Å². The molecule has 2 rings (SSSR count). The second kappa shape index (κ2) is 16.1. The van der Waals surface area contributed by atoms with Gasteiger partial charge in [-0.1, -0.05) is 49.8 Å². The van der Waals surface area contributed by atoms with Gasteiger partial charge in [-0.3, -0.25) is 4.79 Å². The predicted octanol–water partition coefficient (Wildman–Crippen LogP) is 8.01. The molecule has 0 unspecified atom stereocenters. The van der Waals surface area contributed by atoms with E-state index in [4.69, 9.17) is 4.74 Å². The first-order valence-electron chi connectivity index (χ1n) is 10.8. The van der Waals surface area contributed by atoms with Gasteiger partial charge in [-0.15, -0.1) is 6.58 Å². The van der Waals surface area contributed by atoms with Gasteiger partial charge in [0.05, 0.1) is 6.61 Å². The van der Waals surface area contributed by atoms with Crippen LogP contribution in [0.2, 0.25) is 0 Å². The molecule has 0 radical (unpaired) electrons. The Kier molecular flexibility index (Phi) is 14.7. The maximum absolute atomic E-state index is 13.7. The third-order valence-electron chi connectivity index (χ3n) is 3.93. The highest BCUT2D eigenvalue weighted by Crippen LogP contribution is 2.21. The van der Waals surface area contributed by atoms with Crippen LogP contribution in [-0.4, -0.2) is 12.4 Å². The third kappa shape index (κ3) is 14.0. The Balaban J connectivity index is 0.000000967. The van der Waals surface area contributed by atoms with Crippen molar-refractivity contribution in [1.82, 2.24) is 0 Å². The van der Waals surface area contributed by atoms with Crippen LogP contribution in [0.15, 0.2) is 66.8 Å². The van der Waals surface area contributed by atoms with Crippen molar-refractivity contribution < 1.29 is 13.9 Å². The number of hydrogen-bond acceptors (Lipinski definition) is 2. The second-order valence-corrected chi connectivity index (χ2v) is 8.09. The molecule has 0 heterocycles. The van der Waals surface area contributed by atoms with Gasteiger partial charge < -0.3 is 4.74 Å². The number of aryl methyl sites for hydroxylation is 2. The van der Waals surface area contributed by atoms with Crippen LogP contribution in [0.4, 0.5) is 4.39 Å². The van der Waals surface area contributed by atoms with E-state index < -0.39 is 0 Å². The molecule has 170 valence electrons. The minimum atomic E-state index is -0.188. The maximum Gasteiger partial charge on any atom is 0.159 e. The summed E-state index contributed by atoms with van der Waals surface area (Å²) in [6, 6.07) is 12.4. The molecule has 0 aliphatic rings. The molecule has 0 aliphatic heterocycles. The molecule has 0 amide bonds. The quantitative estimate of drug-likeness (QED) is 0.331. The third-order valence-corrected chi connectivity index (χ3v) is 3.93. The number of halogens is 1. The van der Waals surface area contributed by atoms with E-state index in [9.17, 15) is 9.18 Å². The van der Waals surface area contributed by atoms with Crippen LogP contribution in [0, 0.1) is 11.7 Å². The van der Waals surface area contributed by atoms with E-state index in [0.29, 0.717) is 42.2 Å². The molecule has 0 N–H and O–H groups in total. The molecule has 0 aromatic heterocycles. The Hall–Kier alpha value is -2.68. The number of hydrogen-bond donors (Lipinski definition) is 0. The van der Waals surface area contributed by atoms with Crippen molar-refractivity contribution in [3.8, 4) is 5.75 Å². The zero-order chi connectivity index (χ0) is 23.8. The van der Waals surface area contributed by atoms with Gasteiger partial charge in [-0.25, -0.2) is 4.39 Å². The van der Waals surface area contributed by atoms with E-state index in [0.717, 1.165) is 5.56 Å². The zero-order valence-corrected chi connectivity index (χ0v) is 20.3. The first-order chi connectivity index (χ1) is 14.6. The molecular formula is C28H39FO2. The number of carbonyl (C=O) groups is 1. The number of benzene rings is 2. The summed E-state index contributed by atoms with van der Waals surface area (Å²) in [6.07, 6.45) is 5.26. The molecule has 3 heteroatoms. The molecule has 2 aromatic rings. The molecule has 0 saturated heterocycles. The summed E-state index contributed by atoms with van der Waals surface area (Å²) in [6.45, 7) is 17.8. The molecule has 0 aliphatic carbocycles. The first-order valence-corrected chi connectivity index (χ1v) is 10.8. The maximum atomic E-state index is 13.7. The van der Waals surface area contributed by atoms with Gasteiger partial charge in [-0.05, 0) is 88.8 Å². The highest BCUT2D eigenvalue weighted by atomic mass is 19.1. The summed E-state index contributed by atoms with van der Waals surface area (Å²) in [4.78, 5) is 11.7. The molecule has 2 nitrogen and oxygen atoms in total. The summed E-state index contributed by atoms with van der Waals surface area (Å²) < 4.78 is 19.5. The Morgan fingerprint density at radius 3 is 2.10 bits per heavy atom. The molecular weight excluding hydrogens is 387 g/mol. The largest absolute Gasteiger partial charge is 0.493 e. The Morgan fingerprint density at radius 1 is 1.03 bits per heavy atom. The van der Waals surface area contributed by atoms with E-state index in [1.54, 1.807) is 25.1 Å². The number of ketones is 1. The van der Waals surface area contributed by atoms with E-state index in [-0.39, 0.29) is 11.6 Å². The van der Waals surface area contributed by atoms with Gasteiger partial charge in [0.2, 0.25) is 0 Å². The van der Waals surface area contributed by atoms with Gasteiger partial charge >= 0.3 is 0 Å². The summed E-state index contributed by atoms with van der Waals surface area (Å²) in [5.74, 6) is 0.937. The minimum Gasteiger partial charge on any atom is -0.493 e. The van der Waals surface area contributed by atoms with Crippen LogP contribution in [0.3, 0.4) is 0 Å². The lowest BCUT2D eigenvalue weighted by Crippen LogP contribution is -2.06. The van der Waals surface area contributed by atoms with Crippen LogP contribution in [0.1, 0.15) is 70.0 Å². The van der Waals surface area contributed by atoms with Crippen LogP contribution in [-0.2, 0) is 12.8 Å². The summed E-state index contributed by atoms with van der Waals surface area (Å²) in [5, 5.41) is 0. The monoisotopic (exact) mass is 426 g/mol. The normalized spacial score (nSPS) is 10.1. The van der Waals surface area contributed by atoms with Crippen molar-refractivity contribution >= 4 is 5.78 Å². The van der Waals surface area contributed by atoms with Crippen LogP contribution in [0.25, 0.3) is 0 Å². The van der Waals surface area contributed by atoms with Crippen LogP contribution < -0.4 is 4.74 Å². The average Bonchev–Trinajstić information content (AvgIpc) is 2.71. The zero-order valence-electron chi connectivity index (χ0n) is 20.3. The molecule has 0 fully saturated rings. The summed E-state index contributed by atoms with van der Waals surface area (Å²) in [7, 11) is 0. The Bertz CT molecular complexity index is 827.